The minimum Gasteiger partial charge on any atom is -0.478 e. The van der Waals surface area contributed by atoms with Gasteiger partial charge in [0.05, 0.1) is 0 Å². The molecule has 2 amide bonds. The molecule has 0 aliphatic carbocycles. The van der Waals surface area contributed by atoms with E-state index in [9.17, 15) is 19.5 Å². The number of hydrogen-bond acceptors (Lipinski definition) is 6. The molecular formula is C16H21N7O4. The third-order valence-corrected chi connectivity index (χ3v) is 4.03. The van der Waals surface area contributed by atoms with Gasteiger partial charge in [-0.15, -0.1) is 5.11 Å². The third-order valence-electron chi connectivity index (χ3n) is 4.03. The van der Waals surface area contributed by atoms with Crippen molar-refractivity contribution in [1.82, 2.24) is 10.3 Å². The zero-order valence-electron chi connectivity index (χ0n) is 14.5. The number of benzene rings is 1. The molecule has 0 unspecified atom stereocenters. The van der Waals surface area contributed by atoms with Crippen molar-refractivity contribution in [1.29, 1.82) is 0 Å². The van der Waals surface area contributed by atoms with Gasteiger partial charge in [0, 0.05) is 19.4 Å². The number of carboxylic acid groups (broad SMARTS) is 1. The molecule has 1 aromatic rings. The summed E-state index contributed by atoms with van der Waals surface area (Å²) in [4.78, 5) is 39.3. The molecule has 0 aromatic heterocycles. The van der Waals surface area contributed by atoms with Crippen LogP contribution < -0.4 is 16.8 Å². The molecule has 27 heavy (non-hydrogen) atoms. The lowest BCUT2D eigenvalue weighted by molar-refractivity contribution is -0.170. The van der Waals surface area contributed by atoms with Gasteiger partial charge in [-0.25, -0.2) is 4.79 Å². The Morgan fingerprint density at radius 2 is 2.04 bits per heavy atom. The number of nitrogens with zero attached hydrogens (tertiary/aromatic N) is 4. The number of carbonyl (C=O) groups excluding carboxylic acids is 2. The lowest BCUT2D eigenvalue weighted by atomic mass is 9.99. The van der Waals surface area contributed by atoms with E-state index in [1.165, 1.54) is 0 Å². The molecule has 11 nitrogen and oxygen atoms in total. The highest BCUT2D eigenvalue weighted by atomic mass is 16.4. The highest BCUT2D eigenvalue weighted by Gasteiger charge is 2.55. The van der Waals surface area contributed by atoms with Crippen molar-refractivity contribution in [2.24, 2.45) is 26.8 Å². The predicted octanol–water partition coefficient (Wildman–Crippen LogP) is -0.612. The number of carbonyl (C=O) groups is 3. The number of hydrogen-bond donors (Lipinski definition) is 4. The van der Waals surface area contributed by atoms with E-state index >= 15 is 0 Å². The molecule has 0 radical (unpaired) electrons. The van der Waals surface area contributed by atoms with Crippen molar-refractivity contribution >= 4 is 24.2 Å². The van der Waals surface area contributed by atoms with Gasteiger partial charge >= 0.3 is 5.97 Å². The van der Waals surface area contributed by atoms with Crippen LogP contribution in [-0.4, -0.2) is 52.6 Å². The lowest BCUT2D eigenvalue weighted by Crippen LogP contribution is -2.62. The molecule has 6 N–H and O–H groups in total. The SMILES string of the molecule is NC(N)=NCCC[C@]1(C(=O)O)N=NN1C(=O)[C@H](Cc1ccccc1)NC=O. The number of amides is 2. The normalized spacial score (nSPS) is 18.9. The highest BCUT2D eigenvalue weighted by molar-refractivity contribution is 5.91. The first-order valence-corrected chi connectivity index (χ1v) is 8.20. The van der Waals surface area contributed by atoms with Crippen LogP contribution in [0.15, 0.2) is 45.7 Å². The van der Waals surface area contributed by atoms with E-state index in [4.69, 9.17) is 11.5 Å². The van der Waals surface area contributed by atoms with E-state index in [1.807, 2.05) is 6.07 Å². The fourth-order valence-electron chi connectivity index (χ4n) is 2.65. The Kier molecular flexibility index (Phi) is 6.41. The quantitative estimate of drug-likeness (QED) is 0.183. The second kappa shape index (κ2) is 8.74. The molecule has 0 spiro atoms. The first kappa shape index (κ1) is 19.8. The van der Waals surface area contributed by atoms with E-state index in [-0.39, 0.29) is 31.8 Å². The summed E-state index contributed by atoms with van der Waals surface area (Å²) in [7, 11) is 0. The average molecular weight is 375 g/mol. The summed E-state index contributed by atoms with van der Waals surface area (Å²) in [5.41, 5.74) is 9.45. The Labute approximate surface area is 155 Å². The molecule has 0 bridgehead atoms. The van der Waals surface area contributed by atoms with Gasteiger partial charge in [-0.3, -0.25) is 14.6 Å². The first-order chi connectivity index (χ1) is 12.9. The molecule has 0 fully saturated rings. The van der Waals surface area contributed by atoms with Crippen LogP contribution >= 0.6 is 0 Å². The molecule has 1 aromatic carbocycles. The van der Waals surface area contributed by atoms with Crippen LogP contribution in [0.3, 0.4) is 0 Å². The van der Waals surface area contributed by atoms with Crippen LogP contribution in [0.5, 0.6) is 0 Å². The Bertz CT molecular complexity index is 748. The van der Waals surface area contributed by atoms with E-state index < -0.39 is 23.6 Å². The van der Waals surface area contributed by atoms with Crippen molar-refractivity contribution in [2.45, 2.75) is 31.0 Å². The summed E-state index contributed by atoms with van der Waals surface area (Å²) in [5.74, 6) is -2.09. The second-order valence-electron chi connectivity index (χ2n) is 5.90. The van der Waals surface area contributed by atoms with Crippen molar-refractivity contribution in [3.8, 4) is 0 Å². The van der Waals surface area contributed by atoms with Crippen LogP contribution in [0.1, 0.15) is 18.4 Å². The predicted molar refractivity (Wildman–Crippen MR) is 95.1 cm³/mol. The van der Waals surface area contributed by atoms with E-state index in [0.717, 1.165) is 10.6 Å². The summed E-state index contributed by atoms with van der Waals surface area (Å²) in [6.07, 6.45) is 0.836. The molecule has 1 aliphatic heterocycles. The minimum absolute atomic E-state index is 0.0203. The molecule has 2 atom stereocenters. The maximum absolute atomic E-state index is 12.8. The molecule has 2 rings (SSSR count). The number of aliphatic carboxylic acids is 1. The number of nitrogens with one attached hydrogen (secondary N) is 1. The van der Waals surface area contributed by atoms with Gasteiger partial charge in [-0.2, -0.15) is 5.01 Å². The maximum atomic E-state index is 12.8. The summed E-state index contributed by atoms with van der Waals surface area (Å²) in [6, 6.07) is 8.04. The number of rotatable bonds is 10. The van der Waals surface area contributed by atoms with Crippen molar-refractivity contribution < 1.29 is 19.5 Å². The average Bonchev–Trinajstić information content (AvgIpc) is 2.60. The van der Waals surface area contributed by atoms with E-state index in [0.29, 0.717) is 6.41 Å². The molecule has 1 aliphatic rings. The Hall–Kier alpha value is -3.50. The summed E-state index contributed by atoms with van der Waals surface area (Å²) < 4.78 is 0. The summed E-state index contributed by atoms with van der Waals surface area (Å²) >= 11 is 0. The standard InChI is InChI=1S/C16H21N7O4/c17-15(18)19-8-4-7-16(14(26)27)21-22-23(16)13(25)12(20-10-24)9-11-5-2-1-3-6-11/h1-3,5-6,10,12H,4,7-9H2,(H,20,24)(H,26,27)(H4,17,18,19)/t12-,16-/m0/s1. The summed E-state index contributed by atoms with van der Waals surface area (Å²) in [6.45, 7) is 0.189. The molecular weight excluding hydrogens is 354 g/mol. The molecule has 1 heterocycles. The number of carboxylic acids is 1. The fraction of sp³-hybridized carbons (Fsp3) is 0.375. The molecule has 11 heteroatoms. The Balaban J connectivity index is 2.13. The first-order valence-electron chi connectivity index (χ1n) is 8.20. The minimum atomic E-state index is -1.82. The largest absolute Gasteiger partial charge is 0.478 e. The van der Waals surface area contributed by atoms with Gasteiger partial charge in [-0.1, -0.05) is 35.6 Å². The Morgan fingerprint density at radius 3 is 2.56 bits per heavy atom. The Morgan fingerprint density at radius 1 is 1.33 bits per heavy atom. The van der Waals surface area contributed by atoms with Gasteiger partial charge in [0.25, 0.3) is 11.6 Å². The number of nitrogens with two attached hydrogens (primary N) is 2. The van der Waals surface area contributed by atoms with Crippen molar-refractivity contribution in [2.75, 3.05) is 6.54 Å². The van der Waals surface area contributed by atoms with Crippen LogP contribution in [0.25, 0.3) is 0 Å². The van der Waals surface area contributed by atoms with Crippen LogP contribution in [0.2, 0.25) is 0 Å². The van der Waals surface area contributed by atoms with Gasteiger partial charge in [0.2, 0.25) is 6.41 Å². The van der Waals surface area contributed by atoms with Crippen molar-refractivity contribution in [3.63, 3.8) is 0 Å². The summed E-state index contributed by atoms with van der Waals surface area (Å²) in [5, 5.41) is 20.1. The number of aliphatic imine (C=N–C) groups is 1. The maximum Gasteiger partial charge on any atom is 0.356 e. The van der Waals surface area contributed by atoms with Crippen LogP contribution in [0.4, 0.5) is 0 Å². The molecule has 0 saturated carbocycles. The van der Waals surface area contributed by atoms with Gasteiger partial charge in [0.1, 0.15) is 6.04 Å². The number of guanidine groups is 1. The van der Waals surface area contributed by atoms with E-state index in [2.05, 4.69) is 20.6 Å². The fourth-order valence-corrected chi connectivity index (χ4v) is 2.65. The second-order valence-corrected chi connectivity index (χ2v) is 5.90. The van der Waals surface area contributed by atoms with Crippen LogP contribution in [0, 0.1) is 0 Å². The topological polar surface area (TPSA) is 176 Å². The zero-order chi connectivity index (χ0) is 19.9. The van der Waals surface area contributed by atoms with Gasteiger partial charge in [0.15, 0.2) is 5.96 Å². The third kappa shape index (κ3) is 4.57. The smallest absolute Gasteiger partial charge is 0.356 e. The van der Waals surface area contributed by atoms with Gasteiger partial charge < -0.3 is 21.9 Å². The zero-order valence-corrected chi connectivity index (χ0v) is 14.5. The molecule has 144 valence electrons. The van der Waals surface area contributed by atoms with Gasteiger partial charge in [-0.05, 0) is 12.0 Å². The van der Waals surface area contributed by atoms with E-state index in [1.54, 1.807) is 24.3 Å². The lowest BCUT2D eigenvalue weighted by Gasteiger charge is -2.39. The monoisotopic (exact) mass is 375 g/mol. The van der Waals surface area contributed by atoms with Crippen LogP contribution in [-0.2, 0) is 20.8 Å². The molecule has 0 saturated heterocycles. The van der Waals surface area contributed by atoms with Crippen molar-refractivity contribution in [3.05, 3.63) is 35.9 Å². The highest BCUT2D eigenvalue weighted by Crippen LogP contribution is 2.34.